The van der Waals surface area contributed by atoms with E-state index in [0.717, 1.165) is 24.8 Å². The third-order valence-corrected chi connectivity index (χ3v) is 2.90. The summed E-state index contributed by atoms with van der Waals surface area (Å²) in [7, 11) is 0. The molecule has 0 amide bonds. The predicted octanol–water partition coefficient (Wildman–Crippen LogP) is 1.97. The molecule has 1 aliphatic heterocycles. The number of nitrogens with zero attached hydrogens (tertiary/aromatic N) is 1. The van der Waals surface area contributed by atoms with E-state index in [9.17, 15) is 8.78 Å². The summed E-state index contributed by atoms with van der Waals surface area (Å²) >= 11 is 3.36. The Morgan fingerprint density at radius 3 is 2.73 bits per heavy atom. The van der Waals surface area contributed by atoms with Gasteiger partial charge >= 0.3 is 0 Å². The Labute approximate surface area is 73.9 Å². The molecule has 1 unspecified atom stereocenters. The molecule has 0 aromatic carbocycles. The van der Waals surface area contributed by atoms with Gasteiger partial charge in [0.25, 0.3) is 6.43 Å². The van der Waals surface area contributed by atoms with Crippen LogP contribution in [0.4, 0.5) is 8.78 Å². The topological polar surface area (TPSA) is 3.24 Å². The van der Waals surface area contributed by atoms with E-state index < -0.39 is 6.43 Å². The molecule has 0 N–H and O–H groups in total. The maximum absolute atomic E-state index is 11.9. The van der Waals surface area contributed by atoms with Crippen LogP contribution in [-0.2, 0) is 0 Å². The molecule has 1 nitrogen and oxygen atoms in total. The summed E-state index contributed by atoms with van der Waals surface area (Å²) in [6.45, 7) is 1.61. The lowest BCUT2D eigenvalue weighted by molar-refractivity contribution is 0.0983. The zero-order valence-corrected chi connectivity index (χ0v) is 7.86. The lowest BCUT2D eigenvalue weighted by atomic mass is 10.2. The second kappa shape index (κ2) is 4.36. The van der Waals surface area contributed by atoms with Crippen LogP contribution >= 0.6 is 15.9 Å². The molecule has 0 aromatic rings. The van der Waals surface area contributed by atoms with E-state index in [1.807, 2.05) is 4.90 Å². The van der Waals surface area contributed by atoms with E-state index >= 15 is 0 Å². The molecule has 1 heterocycles. The highest BCUT2D eigenvalue weighted by Crippen LogP contribution is 2.18. The summed E-state index contributed by atoms with van der Waals surface area (Å²) in [4.78, 5) is 1.83. The Kier molecular flexibility index (Phi) is 3.72. The molecule has 4 heteroatoms. The second-order valence-corrected chi connectivity index (χ2v) is 3.61. The second-order valence-electron chi connectivity index (χ2n) is 2.96. The molecule has 0 bridgehead atoms. The fourth-order valence-corrected chi connectivity index (χ4v) is 1.93. The van der Waals surface area contributed by atoms with Crippen molar-refractivity contribution in [3.63, 3.8) is 0 Å². The molecular formula is C7H12BrF2N. The summed E-state index contributed by atoms with van der Waals surface area (Å²) in [6.07, 6.45) is -1.12. The van der Waals surface area contributed by atoms with Gasteiger partial charge in [-0.1, -0.05) is 15.9 Å². The summed E-state index contributed by atoms with van der Waals surface area (Å²) in [6, 6.07) is 0. The van der Waals surface area contributed by atoms with E-state index in [0.29, 0.717) is 5.92 Å². The van der Waals surface area contributed by atoms with Crippen LogP contribution in [0.3, 0.4) is 0 Å². The molecule has 0 aromatic heterocycles. The Balaban J connectivity index is 2.19. The van der Waals surface area contributed by atoms with Crippen LogP contribution in [0.15, 0.2) is 0 Å². The van der Waals surface area contributed by atoms with Crippen LogP contribution in [-0.4, -0.2) is 36.3 Å². The summed E-state index contributed by atoms with van der Waals surface area (Å²) in [5.41, 5.74) is 0. The number of likely N-dealkylation sites (tertiary alicyclic amines) is 1. The standard InChI is InChI=1S/C7H12BrF2N/c8-3-6-1-2-11(4-6)5-7(9)10/h6-7H,1-5H2. The van der Waals surface area contributed by atoms with Crippen LogP contribution in [0.5, 0.6) is 0 Å². The molecule has 1 saturated heterocycles. The quantitative estimate of drug-likeness (QED) is 0.667. The van der Waals surface area contributed by atoms with Crippen LogP contribution in [0.2, 0.25) is 0 Å². The lowest BCUT2D eigenvalue weighted by Gasteiger charge is -2.13. The fraction of sp³-hybridized carbons (Fsp3) is 1.00. The van der Waals surface area contributed by atoms with Crippen molar-refractivity contribution in [1.29, 1.82) is 0 Å². The van der Waals surface area contributed by atoms with Crippen LogP contribution < -0.4 is 0 Å². The summed E-state index contributed by atoms with van der Waals surface area (Å²) in [5, 5.41) is 0.937. The lowest BCUT2D eigenvalue weighted by Crippen LogP contribution is -2.26. The molecule has 1 aliphatic rings. The Bertz CT molecular complexity index is 121. The van der Waals surface area contributed by atoms with E-state index in [-0.39, 0.29) is 6.54 Å². The third kappa shape index (κ3) is 3.03. The number of hydrogen-bond acceptors (Lipinski definition) is 1. The molecular weight excluding hydrogens is 216 g/mol. The van der Waals surface area contributed by atoms with Gasteiger partial charge in [-0.25, -0.2) is 8.78 Å². The van der Waals surface area contributed by atoms with Gasteiger partial charge in [0.05, 0.1) is 6.54 Å². The Morgan fingerprint density at radius 1 is 1.55 bits per heavy atom. The number of hydrogen-bond donors (Lipinski definition) is 0. The fourth-order valence-electron chi connectivity index (χ4n) is 1.40. The molecule has 11 heavy (non-hydrogen) atoms. The first kappa shape index (κ1) is 9.39. The number of alkyl halides is 3. The maximum atomic E-state index is 11.9. The summed E-state index contributed by atoms with van der Waals surface area (Å²) in [5.74, 6) is 0.578. The van der Waals surface area contributed by atoms with Gasteiger partial charge < -0.3 is 0 Å². The van der Waals surface area contributed by atoms with Gasteiger partial charge in [-0.05, 0) is 18.9 Å². The monoisotopic (exact) mass is 227 g/mol. The maximum Gasteiger partial charge on any atom is 0.251 e. The number of halogens is 3. The average Bonchev–Trinajstić information content (AvgIpc) is 2.34. The first-order chi connectivity index (χ1) is 5.22. The molecule has 1 rings (SSSR count). The van der Waals surface area contributed by atoms with Gasteiger partial charge in [0, 0.05) is 11.9 Å². The van der Waals surface area contributed by atoms with Gasteiger partial charge in [0.15, 0.2) is 0 Å². The average molecular weight is 228 g/mol. The zero-order valence-electron chi connectivity index (χ0n) is 6.27. The van der Waals surface area contributed by atoms with Crippen molar-refractivity contribution in [3.8, 4) is 0 Å². The molecule has 1 atom stereocenters. The van der Waals surface area contributed by atoms with Crippen LogP contribution in [0.1, 0.15) is 6.42 Å². The molecule has 0 spiro atoms. The van der Waals surface area contributed by atoms with Crippen molar-refractivity contribution in [2.24, 2.45) is 5.92 Å². The largest absolute Gasteiger partial charge is 0.297 e. The predicted molar refractivity (Wildman–Crippen MR) is 44.3 cm³/mol. The molecule has 0 aliphatic carbocycles. The van der Waals surface area contributed by atoms with E-state index in [1.54, 1.807) is 0 Å². The first-order valence-electron chi connectivity index (χ1n) is 3.79. The minimum Gasteiger partial charge on any atom is -0.297 e. The highest BCUT2D eigenvalue weighted by Gasteiger charge is 2.23. The molecule has 0 saturated carbocycles. The Hall–Kier alpha value is 0.300. The van der Waals surface area contributed by atoms with Gasteiger partial charge in [0.1, 0.15) is 0 Å². The van der Waals surface area contributed by atoms with Crippen molar-refractivity contribution in [2.45, 2.75) is 12.8 Å². The first-order valence-corrected chi connectivity index (χ1v) is 4.91. The van der Waals surface area contributed by atoms with Crippen LogP contribution in [0.25, 0.3) is 0 Å². The minimum absolute atomic E-state index is 0.0521. The van der Waals surface area contributed by atoms with Crippen molar-refractivity contribution < 1.29 is 8.78 Å². The van der Waals surface area contributed by atoms with E-state index in [4.69, 9.17) is 0 Å². The number of rotatable bonds is 3. The van der Waals surface area contributed by atoms with Gasteiger partial charge in [-0.15, -0.1) is 0 Å². The SMILES string of the molecule is FC(F)CN1CCC(CBr)C1. The van der Waals surface area contributed by atoms with Crippen molar-refractivity contribution in [2.75, 3.05) is 25.0 Å². The summed E-state index contributed by atoms with van der Waals surface area (Å²) < 4.78 is 23.7. The van der Waals surface area contributed by atoms with Gasteiger partial charge in [0.2, 0.25) is 0 Å². The smallest absolute Gasteiger partial charge is 0.251 e. The van der Waals surface area contributed by atoms with Crippen LogP contribution in [0, 0.1) is 5.92 Å². The molecule has 0 radical (unpaired) electrons. The van der Waals surface area contributed by atoms with E-state index in [1.165, 1.54) is 0 Å². The van der Waals surface area contributed by atoms with Crippen molar-refractivity contribution in [3.05, 3.63) is 0 Å². The zero-order chi connectivity index (χ0) is 8.27. The van der Waals surface area contributed by atoms with Crippen molar-refractivity contribution >= 4 is 15.9 Å². The highest BCUT2D eigenvalue weighted by atomic mass is 79.9. The van der Waals surface area contributed by atoms with Gasteiger partial charge in [-0.3, -0.25) is 4.90 Å². The molecule has 1 fully saturated rings. The minimum atomic E-state index is -2.18. The highest BCUT2D eigenvalue weighted by molar-refractivity contribution is 9.09. The van der Waals surface area contributed by atoms with E-state index in [2.05, 4.69) is 15.9 Å². The van der Waals surface area contributed by atoms with Crippen molar-refractivity contribution in [1.82, 2.24) is 4.90 Å². The Morgan fingerprint density at radius 2 is 2.27 bits per heavy atom. The molecule has 66 valence electrons. The third-order valence-electron chi connectivity index (χ3n) is 1.98. The van der Waals surface area contributed by atoms with Gasteiger partial charge in [-0.2, -0.15) is 0 Å². The normalized spacial score (nSPS) is 26.7.